The molecule has 0 aromatic heterocycles. The van der Waals surface area contributed by atoms with Crippen molar-refractivity contribution < 1.29 is 23.8 Å². The van der Waals surface area contributed by atoms with E-state index in [1.807, 2.05) is 42.2 Å². The molecule has 1 saturated heterocycles. The lowest BCUT2D eigenvalue weighted by Gasteiger charge is -2.32. The monoisotopic (exact) mass is 565 g/mol. The third-order valence-electron chi connectivity index (χ3n) is 8.36. The summed E-state index contributed by atoms with van der Waals surface area (Å²) >= 11 is 0. The number of nitrogens with zero attached hydrogens (tertiary/aromatic N) is 1. The van der Waals surface area contributed by atoms with Crippen molar-refractivity contribution in [2.75, 3.05) is 53.6 Å². The molecular formula is C33H47N3O5. The van der Waals surface area contributed by atoms with Gasteiger partial charge in [0.2, 0.25) is 5.91 Å². The zero-order valence-corrected chi connectivity index (χ0v) is 25.3. The zero-order valence-electron chi connectivity index (χ0n) is 25.3. The fourth-order valence-corrected chi connectivity index (χ4v) is 5.79. The maximum absolute atomic E-state index is 13.9. The van der Waals surface area contributed by atoms with Crippen LogP contribution < -0.4 is 20.1 Å². The van der Waals surface area contributed by atoms with Crippen LogP contribution in [0.25, 0.3) is 0 Å². The molecule has 3 atom stereocenters. The molecule has 41 heavy (non-hydrogen) atoms. The summed E-state index contributed by atoms with van der Waals surface area (Å²) in [5.74, 6) is 2.12. The first kappa shape index (κ1) is 30.8. The number of hydrogen-bond donors (Lipinski definition) is 2. The second-order valence-electron chi connectivity index (χ2n) is 11.7. The summed E-state index contributed by atoms with van der Waals surface area (Å²) in [6.07, 6.45) is 2.96. The van der Waals surface area contributed by atoms with E-state index in [9.17, 15) is 9.59 Å². The van der Waals surface area contributed by atoms with Gasteiger partial charge in [-0.15, -0.1) is 0 Å². The third kappa shape index (κ3) is 8.01. The van der Waals surface area contributed by atoms with Gasteiger partial charge in [-0.2, -0.15) is 0 Å². The molecule has 224 valence electrons. The molecule has 4 rings (SSSR count). The quantitative estimate of drug-likeness (QED) is 0.311. The number of carbonyl (C=O) groups is 2. The standard InChI is InChI=1S/C33H47N3O5/c1-22(2)36(33(38)28-17-30(41-15-9-14-39-4)29(40-5)16-23(28)3)21-27-19-34-18-26(27)20-35-32(37)31(25-12-13-25)24-10-7-6-8-11-24/h6-8,10-11,16-17,22,25-27,31,34H,9,12-15,18-21H2,1-5H3,(H,35,37)/t26-,27+,31?/m1/s1. The predicted octanol–water partition coefficient (Wildman–Crippen LogP) is 4.42. The third-order valence-corrected chi connectivity index (χ3v) is 8.36. The number of aryl methyl sites for hydroxylation is 1. The van der Waals surface area contributed by atoms with Crippen molar-refractivity contribution in [2.24, 2.45) is 17.8 Å². The van der Waals surface area contributed by atoms with Crippen molar-refractivity contribution in [1.29, 1.82) is 0 Å². The number of ether oxygens (including phenoxy) is 3. The van der Waals surface area contributed by atoms with Crippen molar-refractivity contribution >= 4 is 11.8 Å². The van der Waals surface area contributed by atoms with Gasteiger partial charge in [-0.3, -0.25) is 9.59 Å². The Balaban J connectivity index is 1.42. The Morgan fingerprint density at radius 2 is 1.76 bits per heavy atom. The molecule has 1 aliphatic heterocycles. The van der Waals surface area contributed by atoms with Crippen LogP contribution >= 0.6 is 0 Å². The highest BCUT2D eigenvalue weighted by Gasteiger charge is 2.38. The van der Waals surface area contributed by atoms with E-state index in [4.69, 9.17) is 14.2 Å². The zero-order chi connectivity index (χ0) is 29.4. The fraction of sp³-hybridized carbons (Fsp3) is 0.576. The molecule has 2 aliphatic rings. The largest absolute Gasteiger partial charge is 0.493 e. The minimum Gasteiger partial charge on any atom is -0.493 e. The molecule has 8 nitrogen and oxygen atoms in total. The van der Waals surface area contributed by atoms with Crippen molar-refractivity contribution in [2.45, 2.75) is 52.0 Å². The molecule has 0 spiro atoms. The number of amides is 2. The summed E-state index contributed by atoms with van der Waals surface area (Å²) in [7, 11) is 3.27. The van der Waals surface area contributed by atoms with Crippen molar-refractivity contribution in [3.05, 3.63) is 59.2 Å². The first-order valence-electron chi connectivity index (χ1n) is 15.0. The Hall–Kier alpha value is -3.10. The SMILES string of the molecule is COCCCOc1cc(C(=O)N(C[C@@H]2CNC[C@@H]2CNC(=O)C(c2ccccc2)C2CC2)C(C)C)c(C)cc1OC. The maximum atomic E-state index is 13.9. The van der Waals surface area contributed by atoms with Gasteiger partial charge in [0.05, 0.1) is 19.6 Å². The van der Waals surface area contributed by atoms with Crippen LogP contribution in [-0.2, 0) is 9.53 Å². The highest BCUT2D eigenvalue weighted by Crippen LogP contribution is 2.42. The minimum absolute atomic E-state index is 0.0169. The average Bonchev–Trinajstić information content (AvgIpc) is 3.70. The van der Waals surface area contributed by atoms with Gasteiger partial charge >= 0.3 is 0 Å². The Morgan fingerprint density at radius 1 is 1.02 bits per heavy atom. The van der Waals surface area contributed by atoms with Gasteiger partial charge in [0.25, 0.3) is 5.91 Å². The van der Waals surface area contributed by atoms with Gasteiger partial charge in [0, 0.05) is 57.9 Å². The van der Waals surface area contributed by atoms with Crippen molar-refractivity contribution in [1.82, 2.24) is 15.5 Å². The second kappa shape index (κ2) is 14.7. The molecule has 0 bridgehead atoms. The van der Waals surface area contributed by atoms with Gasteiger partial charge in [0.1, 0.15) is 0 Å². The Morgan fingerprint density at radius 3 is 2.41 bits per heavy atom. The smallest absolute Gasteiger partial charge is 0.254 e. The van der Waals surface area contributed by atoms with E-state index in [0.717, 1.165) is 43.5 Å². The van der Waals surface area contributed by atoms with E-state index in [0.29, 0.717) is 49.3 Å². The number of hydrogen-bond acceptors (Lipinski definition) is 6. The van der Waals surface area contributed by atoms with E-state index in [1.54, 1.807) is 14.2 Å². The van der Waals surface area contributed by atoms with E-state index in [1.165, 1.54) is 0 Å². The topological polar surface area (TPSA) is 89.1 Å². The number of carbonyl (C=O) groups excluding carboxylic acids is 2. The molecule has 2 amide bonds. The molecule has 1 unspecified atom stereocenters. The lowest BCUT2D eigenvalue weighted by Crippen LogP contribution is -2.44. The lowest BCUT2D eigenvalue weighted by molar-refractivity contribution is -0.123. The normalized spacial score (nSPS) is 19.2. The number of rotatable bonds is 15. The molecule has 2 aromatic rings. The summed E-state index contributed by atoms with van der Waals surface area (Å²) < 4.78 is 16.6. The van der Waals surface area contributed by atoms with E-state index in [-0.39, 0.29) is 35.6 Å². The van der Waals surface area contributed by atoms with Crippen LogP contribution in [0.1, 0.15) is 60.5 Å². The predicted molar refractivity (Wildman–Crippen MR) is 161 cm³/mol. The molecule has 2 N–H and O–H groups in total. The van der Waals surface area contributed by atoms with Crippen LogP contribution in [0.2, 0.25) is 0 Å². The molecule has 1 saturated carbocycles. The van der Waals surface area contributed by atoms with E-state index < -0.39 is 0 Å². The number of methoxy groups -OCH3 is 2. The van der Waals surface area contributed by atoms with Crippen LogP contribution in [0, 0.1) is 24.7 Å². The summed E-state index contributed by atoms with van der Waals surface area (Å²) in [5.41, 5.74) is 2.57. The van der Waals surface area contributed by atoms with Gasteiger partial charge < -0.3 is 29.7 Å². The molecular weight excluding hydrogens is 518 g/mol. The van der Waals surface area contributed by atoms with Crippen LogP contribution in [0.4, 0.5) is 0 Å². The van der Waals surface area contributed by atoms with Gasteiger partial charge in [-0.05, 0) is 74.6 Å². The van der Waals surface area contributed by atoms with Gasteiger partial charge in [0.15, 0.2) is 11.5 Å². The van der Waals surface area contributed by atoms with E-state index in [2.05, 4.69) is 36.6 Å². The van der Waals surface area contributed by atoms with Crippen LogP contribution in [0.5, 0.6) is 11.5 Å². The Kier molecular flexibility index (Phi) is 11.1. The summed E-state index contributed by atoms with van der Waals surface area (Å²) in [5, 5.41) is 6.77. The Labute approximate surface area is 245 Å². The van der Waals surface area contributed by atoms with Crippen LogP contribution in [0.15, 0.2) is 42.5 Å². The van der Waals surface area contributed by atoms with Gasteiger partial charge in [-0.25, -0.2) is 0 Å². The molecule has 8 heteroatoms. The fourth-order valence-electron chi connectivity index (χ4n) is 5.79. The minimum atomic E-state index is -0.0817. The first-order chi connectivity index (χ1) is 19.8. The number of nitrogens with one attached hydrogen (secondary N) is 2. The maximum Gasteiger partial charge on any atom is 0.254 e. The van der Waals surface area contributed by atoms with Crippen molar-refractivity contribution in [3.63, 3.8) is 0 Å². The molecule has 1 heterocycles. The lowest BCUT2D eigenvalue weighted by atomic mass is 9.91. The average molecular weight is 566 g/mol. The summed E-state index contributed by atoms with van der Waals surface area (Å²) in [4.78, 5) is 29.2. The van der Waals surface area contributed by atoms with E-state index >= 15 is 0 Å². The molecule has 0 radical (unpaired) electrons. The first-order valence-corrected chi connectivity index (χ1v) is 15.0. The highest BCUT2D eigenvalue weighted by molar-refractivity contribution is 5.96. The van der Waals surface area contributed by atoms with Gasteiger partial charge in [-0.1, -0.05) is 30.3 Å². The number of benzene rings is 2. The van der Waals surface area contributed by atoms with Crippen LogP contribution in [0.3, 0.4) is 0 Å². The molecule has 2 fully saturated rings. The highest BCUT2D eigenvalue weighted by atomic mass is 16.5. The summed E-state index contributed by atoms with van der Waals surface area (Å²) in [6, 6.07) is 13.8. The van der Waals surface area contributed by atoms with Crippen molar-refractivity contribution in [3.8, 4) is 11.5 Å². The van der Waals surface area contributed by atoms with Crippen LogP contribution in [-0.4, -0.2) is 76.4 Å². The molecule has 1 aliphatic carbocycles. The summed E-state index contributed by atoms with van der Waals surface area (Å²) in [6.45, 7) is 9.98. The Bertz CT molecular complexity index is 1150. The second-order valence-corrected chi connectivity index (χ2v) is 11.7. The molecule has 2 aromatic carbocycles.